The molecule has 0 saturated carbocycles. The molecule has 1 N–H and O–H groups in total. The summed E-state index contributed by atoms with van der Waals surface area (Å²) in [5.74, 6) is -1.77. The van der Waals surface area contributed by atoms with Crippen LogP contribution in [0.2, 0.25) is 0 Å². The summed E-state index contributed by atoms with van der Waals surface area (Å²) in [6.45, 7) is 0. The van der Waals surface area contributed by atoms with Gasteiger partial charge in [0.1, 0.15) is 5.65 Å². The summed E-state index contributed by atoms with van der Waals surface area (Å²) in [5, 5.41) is 0. The predicted molar refractivity (Wildman–Crippen MR) is 78.1 cm³/mol. The Labute approximate surface area is 124 Å². The van der Waals surface area contributed by atoms with Gasteiger partial charge in [0.15, 0.2) is 11.6 Å². The molecule has 0 aliphatic rings. The van der Waals surface area contributed by atoms with Crippen molar-refractivity contribution >= 4 is 5.65 Å². The summed E-state index contributed by atoms with van der Waals surface area (Å²) in [4.78, 5) is 11.5. The van der Waals surface area contributed by atoms with Gasteiger partial charge in [0.2, 0.25) is 0 Å². The molecule has 22 heavy (non-hydrogen) atoms. The zero-order chi connectivity index (χ0) is 15.1. The fraction of sp³-hybridized carbons (Fsp3) is 0. The number of pyridine rings is 1. The Morgan fingerprint density at radius 2 is 1.82 bits per heavy atom. The Morgan fingerprint density at radius 1 is 0.955 bits per heavy atom. The molecule has 0 aliphatic heterocycles. The highest BCUT2D eigenvalue weighted by atomic mass is 19.2. The van der Waals surface area contributed by atoms with Crippen LogP contribution in [0.25, 0.3) is 28.2 Å². The maximum atomic E-state index is 13.4. The molecular formula is C16H10F2N4. The van der Waals surface area contributed by atoms with Gasteiger partial charge in [-0.05, 0) is 30.3 Å². The van der Waals surface area contributed by atoms with Crippen LogP contribution in [0.15, 0.2) is 55.2 Å². The monoisotopic (exact) mass is 296 g/mol. The van der Waals surface area contributed by atoms with Gasteiger partial charge >= 0.3 is 0 Å². The van der Waals surface area contributed by atoms with Crippen molar-refractivity contribution in [2.24, 2.45) is 0 Å². The number of aromatic amines is 1. The van der Waals surface area contributed by atoms with Crippen LogP contribution in [0.1, 0.15) is 0 Å². The smallest absolute Gasteiger partial charge is 0.159 e. The normalized spacial score (nSPS) is 11.2. The summed E-state index contributed by atoms with van der Waals surface area (Å²) in [7, 11) is 0. The minimum atomic E-state index is -0.892. The molecule has 4 rings (SSSR count). The topological polar surface area (TPSA) is 46.0 Å². The van der Waals surface area contributed by atoms with E-state index in [-0.39, 0.29) is 0 Å². The van der Waals surface area contributed by atoms with E-state index < -0.39 is 11.6 Å². The van der Waals surface area contributed by atoms with Crippen molar-refractivity contribution in [1.82, 2.24) is 19.4 Å². The third-order valence-electron chi connectivity index (χ3n) is 3.51. The van der Waals surface area contributed by atoms with Crippen LogP contribution in [-0.2, 0) is 0 Å². The summed E-state index contributed by atoms with van der Waals surface area (Å²) >= 11 is 0. The first-order valence-corrected chi connectivity index (χ1v) is 6.64. The first-order valence-electron chi connectivity index (χ1n) is 6.64. The average Bonchev–Trinajstić information content (AvgIpc) is 3.17. The van der Waals surface area contributed by atoms with Crippen LogP contribution in [0.4, 0.5) is 8.78 Å². The van der Waals surface area contributed by atoms with Crippen LogP contribution in [0, 0.1) is 11.6 Å². The fourth-order valence-corrected chi connectivity index (χ4v) is 2.44. The Morgan fingerprint density at radius 3 is 2.68 bits per heavy atom. The molecule has 3 aromatic heterocycles. The maximum absolute atomic E-state index is 13.4. The van der Waals surface area contributed by atoms with Crippen molar-refractivity contribution in [3.05, 3.63) is 66.9 Å². The standard InChI is InChI=1S/C16H10F2N4/c17-12-3-1-10(7-13(12)18)15-16(21-9-20-15)11-2-4-14-19-5-6-22(14)8-11/h1-9H,(H,20,21). The molecule has 0 amide bonds. The lowest BCUT2D eigenvalue weighted by molar-refractivity contribution is 0.509. The molecule has 1 aromatic carbocycles. The van der Waals surface area contributed by atoms with Gasteiger partial charge in [0, 0.05) is 29.7 Å². The minimum absolute atomic E-state index is 0.515. The van der Waals surface area contributed by atoms with Gasteiger partial charge in [-0.1, -0.05) is 0 Å². The van der Waals surface area contributed by atoms with Gasteiger partial charge in [-0.3, -0.25) is 0 Å². The molecule has 6 heteroatoms. The number of halogens is 2. The lowest BCUT2D eigenvalue weighted by Gasteiger charge is -2.05. The second kappa shape index (κ2) is 4.77. The lowest BCUT2D eigenvalue weighted by atomic mass is 10.1. The largest absolute Gasteiger partial charge is 0.344 e. The first kappa shape index (κ1) is 12.7. The Bertz CT molecular complexity index is 971. The highest BCUT2D eigenvalue weighted by molar-refractivity contribution is 5.78. The van der Waals surface area contributed by atoms with Crippen LogP contribution in [0.3, 0.4) is 0 Å². The van der Waals surface area contributed by atoms with Gasteiger partial charge in [0.05, 0.1) is 17.7 Å². The molecule has 3 heterocycles. The summed E-state index contributed by atoms with van der Waals surface area (Å²) in [6, 6.07) is 7.53. The summed E-state index contributed by atoms with van der Waals surface area (Å²) in [6.07, 6.45) is 6.98. The van der Waals surface area contributed by atoms with E-state index in [4.69, 9.17) is 0 Å². The molecule has 0 atom stereocenters. The zero-order valence-electron chi connectivity index (χ0n) is 11.3. The van der Waals surface area contributed by atoms with E-state index in [1.165, 1.54) is 12.4 Å². The molecule has 4 aromatic rings. The van der Waals surface area contributed by atoms with Crippen molar-refractivity contribution in [3.8, 4) is 22.5 Å². The van der Waals surface area contributed by atoms with Gasteiger partial charge < -0.3 is 9.38 Å². The summed E-state index contributed by atoms with van der Waals surface area (Å²) < 4.78 is 28.4. The predicted octanol–water partition coefficient (Wildman–Crippen LogP) is 3.67. The molecular weight excluding hydrogens is 286 g/mol. The third kappa shape index (κ3) is 1.96. The van der Waals surface area contributed by atoms with Crippen molar-refractivity contribution in [2.45, 2.75) is 0 Å². The Kier molecular flexibility index (Phi) is 2.75. The van der Waals surface area contributed by atoms with Crippen LogP contribution >= 0.6 is 0 Å². The Hall–Kier alpha value is -3.02. The molecule has 0 fully saturated rings. The third-order valence-corrected chi connectivity index (χ3v) is 3.51. The maximum Gasteiger partial charge on any atom is 0.159 e. The van der Waals surface area contributed by atoms with Gasteiger partial charge in [-0.25, -0.2) is 18.7 Å². The minimum Gasteiger partial charge on any atom is -0.344 e. The van der Waals surface area contributed by atoms with Gasteiger partial charge in [-0.2, -0.15) is 0 Å². The first-order chi connectivity index (χ1) is 10.7. The highest BCUT2D eigenvalue weighted by Gasteiger charge is 2.13. The van der Waals surface area contributed by atoms with Crippen LogP contribution in [-0.4, -0.2) is 19.4 Å². The second-order valence-corrected chi connectivity index (χ2v) is 4.87. The number of aromatic nitrogens is 4. The van der Waals surface area contributed by atoms with E-state index in [2.05, 4.69) is 15.0 Å². The van der Waals surface area contributed by atoms with Gasteiger partial charge in [0.25, 0.3) is 0 Å². The lowest BCUT2D eigenvalue weighted by Crippen LogP contribution is -1.90. The highest BCUT2D eigenvalue weighted by Crippen LogP contribution is 2.29. The molecule has 0 saturated heterocycles. The second-order valence-electron chi connectivity index (χ2n) is 4.87. The van der Waals surface area contributed by atoms with E-state index in [1.807, 2.05) is 28.9 Å². The van der Waals surface area contributed by atoms with Crippen LogP contribution in [0.5, 0.6) is 0 Å². The van der Waals surface area contributed by atoms with E-state index in [0.29, 0.717) is 11.3 Å². The SMILES string of the molecule is Fc1ccc(-c2nc[nH]c2-c2ccc3nccn3c2)cc1F. The summed E-state index contributed by atoms with van der Waals surface area (Å²) in [5.41, 5.74) is 3.53. The zero-order valence-corrected chi connectivity index (χ0v) is 11.3. The van der Waals surface area contributed by atoms with Gasteiger partial charge in [-0.15, -0.1) is 0 Å². The molecule has 0 radical (unpaired) electrons. The molecule has 108 valence electrons. The molecule has 0 unspecified atom stereocenters. The number of nitrogens with zero attached hydrogens (tertiary/aromatic N) is 3. The van der Waals surface area contributed by atoms with Crippen LogP contribution < -0.4 is 0 Å². The Balaban J connectivity index is 1.86. The average molecular weight is 296 g/mol. The van der Waals surface area contributed by atoms with Crippen molar-refractivity contribution in [2.75, 3.05) is 0 Å². The quantitative estimate of drug-likeness (QED) is 0.613. The number of rotatable bonds is 2. The molecule has 0 aliphatic carbocycles. The van der Waals surface area contributed by atoms with Crippen molar-refractivity contribution in [1.29, 1.82) is 0 Å². The number of benzene rings is 1. The van der Waals surface area contributed by atoms with E-state index in [1.54, 1.807) is 6.20 Å². The number of imidazole rings is 2. The molecule has 4 nitrogen and oxygen atoms in total. The molecule has 0 spiro atoms. The van der Waals surface area contributed by atoms with E-state index in [9.17, 15) is 8.78 Å². The van der Waals surface area contributed by atoms with E-state index in [0.717, 1.165) is 29.0 Å². The fourth-order valence-electron chi connectivity index (χ4n) is 2.44. The number of fused-ring (bicyclic) bond motifs is 1. The van der Waals surface area contributed by atoms with E-state index >= 15 is 0 Å². The number of nitrogens with one attached hydrogen (secondary N) is 1. The van der Waals surface area contributed by atoms with Crippen molar-refractivity contribution in [3.63, 3.8) is 0 Å². The number of hydrogen-bond acceptors (Lipinski definition) is 2. The van der Waals surface area contributed by atoms with Crippen molar-refractivity contribution < 1.29 is 8.78 Å². The molecule has 0 bridgehead atoms. The number of hydrogen-bond donors (Lipinski definition) is 1. The number of H-pyrrole nitrogens is 1.